The van der Waals surface area contributed by atoms with Crippen LogP contribution in [-0.4, -0.2) is 24.5 Å². The van der Waals surface area contributed by atoms with Gasteiger partial charge in [-0.1, -0.05) is 0 Å². The molecule has 0 bridgehead atoms. The number of aromatic nitrogens is 1. The van der Waals surface area contributed by atoms with Crippen molar-refractivity contribution in [2.45, 2.75) is 17.9 Å². The van der Waals surface area contributed by atoms with Crippen molar-refractivity contribution < 1.29 is 22.7 Å². The standard InChI is InChI=1S/C11H12N2O5S/c1-7(10-3-2-4-18-10)13-19(16,17)8-5-9(11(14)15)12-6-8/h2-7,12-13H,1H3,(H,14,15)/t7-/m1/s1. The Kier molecular flexibility index (Phi) is 3.45. The van der Waals surface area contributed by atoms with Crippen molar-refractivity contribution in [1.82, 2.24) is 9.71 Å². The highest BCUT2D eigenvalue weighted by atomic mass is 32.2. The van der Waals surface area contributed by atoms with Gasteiger partial charge < -0.3 is 14.5 Å². The average Bonchev–Trinajstić information content (AvgIpc) is 3.00. The number of rotatable bonds is 5. The van der Waals surface area contributed by atoms with E-state index in [2.05, 4.69) is 9.71 Å². The first kappa shape index (κ1) is 13.4. The van der Waals surface area contributed by atoms with Gasteiger partial charge in [-0.25, -0.2) is 17.9 Å². The molecule has 0 saturated heterocycles. The minimum absolute atomic E-state index is 0.136. The highest BCUT2D eigenvalue weighted by Crippen LogP contribution is 2.17. The monoisotopic (exact) mass is 284 g/mol. The predicted molar refractivity (Wildman–Crippen MR) is 65.2 cm³/mol. The summed E-state index contributed by atoms with van der Waals surface area (Å²) in [6.45, 7) is 1.63. The normalized spacial score (nSPS) is 13.3. The van der Waals surface area contributed by atoms with Gasteiger partial charge in [-0.05, 0) is 25.1 Å². The molecular weight excluding hydrogens is 272 g/mol. The third-order valence-electron chi connectivity index (χ3n) is 2.50. The summed E-state index contributed by atoms with van der Waals surface area (Å²) in [4.78, 5) is 12.9. The van der Waals surface area contributed by atoms with Crippen molar-refractivity contribution in [2.24, 2.45) is 0 Å². The molecule has 8 heteroatoms. The quantitative estimate of drug-likeness (QED) is 0.767. The number of H-pyrrole nitrogens is 1. The number of carboxylic acid groups (broad SMARTS) is 1. The van der Waals surface area contributed by atoms with Crippen LogP contribution in [0.3, 0.4) is 0 Å². The second kappa shape index (κ2) is 4.90. The van der Waals surface area contributed by atoms with Gasteiger partial charge in [0, 0.05) is 6.20 Å². The van der Waals surface area contributed by atoms with E-state index in [4.69, 9.17) is 9.52 Å². The summed E-state index contributed by atoms with van der Waals surface area (Å²) < 4.78 is 31.5. The van der Waals surface area contributed by atoms with Crippen LogP contribution in [0.25, 0.3) is 0 Å². The average molecular weight is 284 g/mol. The van der Waals surface area contributed by atoms with Crippen LogP contribution in [-0.2, 0) is 10.0 Å². The van der Waals surface area contributed by atoms with Crippen molar-refractivity contribution in [3.8, 4) is 0 Å². The first-order valence-electron chi connectivity index (χ1n) is 5.37. The topological polar surface area (TPSA) is 112 Å². The molecule has 19 heavy (non-hydrogen) atoms. The Balaban J connectivity index is 2.20. The van der Waals surface area contributed by atoms with E-state index in [1.54, 1.807) is 19.1 Å². The molecular formula is C11H12N2O5S. The Hall–Kier alpha value is -2.06. The maximum Gasteiger partial charge on any atom is 0.352 e. The Morgan fingerprint density at radius 1 is 1.53 bits per heavy atom. The van der Waals surface area contributed by atoms with Crippen molar-refractivity contribution >= 4 is 16.0 Å². The van der Waals surface area contributed by atoms with Crippen molar-refractivity contribution in [3.05, 3.63) is 42.1 Å². The summed E-state index contributed by atoms with van der Waals surface area (Å²) in [7, 11) is -3.80. The van der Waals surface area contributed by atoms with E-state index in [1.165, 1.54) is 6.26 Å². The fourth-order valence-electron chi connectivity index (χ4n) is 1.55. The molecule has 2 rings (SSSR count). The van der Waals surface area contributed by atoms with E-state index in [9.17, 15) is 13.2 Å². The number of furan rings is 1. The highest BCUT2D eigenvalue weighted by molar-refractivity contribution is 7.89. The molecule has 2 heterocycles. The van der Waals surface area contributed by atoms with Gasteiger partial charge in [0.15, 0.2) is 0 Å². The zero-order valence-corrected chi connectivity index (χ0v) is 10.8. The van der Waals surface area contributed by atoms with Gasteiger partial charge in [0.05, 0.1) is 12.3 Å². The first-order chi connectivity index (χ1) is 8.90. The number of aromatic amines is 1. The molecule has 0 radical (unpaired) electrons. The van der Waals surface area contributed by atoms with Crippen LogP contribution >= 0.6 is 0 Å². The number of hydrogen-bond donors (Lipinski definition) is 3. The van der Waals surface area contributed by atoms with Gasteiger partial charge in [0.25, 0.3) is 0 Å². The fourth-order valence-corrected chi connectivity index (χ4v) is 2.75. The fraction of sp³-hybridized carbons (Fsp3) is 0.182. The molecule has 0 aliphatic heterocycles. The summed E-state index contributed by atoms with van der Waals surface area (Å²) >= 11 is 0. The molecule has 0 unspecified atom stereocenters. The lowest BCUT2D eigenvalue weighted by Crippen LogP contribution is -2.26. The summed E-state index contributed by atoms with van der Waals surface area (Å²) in [6.07, 6.45) is 2.57. The van der Waals surface area contributed by atoms with E-state index in [0.29, 0.717) is 5.76 Å². The molecule has 0 saturated carbocycles. The summed E-state index contributed by atoms with van der Waals surface area (Å²) in [6, 6.07) is 3.80. The van der Waals surface area contributed by atoms with Crippen LogP contribution in [0.1, 0.15) is 29.2 Å². The number of sulfonamides is 1. The van der Waals surface area contributed by atoms with Crippen LogP contribution < -0.4 is 4.72 Å². The molecule has 0 aromatic carbocycles. The van der Waals surface area contributed by atoms with Crippen LogP contribution in [0.2, 0.25) is 0 Å². The third kappa shape index (κ3) is 2.85. The zero-order valence-electron chi connectivity index (χ0n) is 9.95. The SMILES string of the molecule is C[C@@H](NS(=O)(=O)c1c[nH]c(C(=O)O)c1)c1ccco1. The van der Waals surface area contributed by atoms with Gasteiger partial charge in [-0.2, -0.15) is 0 Å². The van der Waals surface area contributed by atoms with Crippen molar-refractivity contribution in [1.29, 1.82) is 0 Å². The van der Waals surface area contributed by atoms with E-state index < -0.39 is 22.0 Å². The number of hydrogen-bond acceptors (Lipinski definition) is 4. The minimum atomic E-state index is -3.80. The summed E-state index contributed by atoms with van der Waals surface area (Å²) in [5.41, 5.74) is -0.189. The van der Waals surface area contributed by atoms with Crippen molar-refractivity contribution in [3.63, 3.8) is 0 Å². The lowest BCUT2D eigenvalue weighted by molar-refractivity contribution is 0.0691. The highest BCUT2D eigenvalue weighted by Gasteiger charge is 2.22. The van der Waals surface area contributed by atoms with Crippen LogP contribution in [0.4, 0.5) is 0 Å². The Morgan fingerprint density at radius 3 is 2.79 bits per heavy atom. The molecule has 0 aliphatic carbocycles. The molecule has 0 spiro atoms. The van der Waals surface area contributed by atoms with E-state index in [1.807, 2.05) is 0 Å². The van der Waals surface area contributed by atoms with Crippen LogP contribution in [0.15, 0.2) is 40.0 Å². The molecule has 7 nitrogen and oxygen atoms in total. The lowest BCUT2D eigenvalue weighted by Gasteiger charge is -2.10. The Morgan fingerprint density at radius 2 is 2.26 bits per heavy atom. The molecule has 0 aliphatic rings. The predicted octanol–water partition coefficient (Wildman–Crippen LogP) is 1.35. The number of nitrogens with one attached hydrogen (secondary N) is 2. The second-order valence-corrected chi connectivity index (χ2v) is 5.63. The van der Waals surface area contributed by atoms with Gasteiger partial charge in [0.1, 0.15) is 16.3 Å². The van der Waals surface area contributed by atoms with Crippen LogP contribution in [0, 0.1) is 0 Å². The van der Waals surface area contributed by atoms with E-state index in [-0.39, 0.29) is 10.6 Å². The zero-order chi connectivity index (χ0) is 14.0. The van der Waals surface area contributed by atoms with Crippen LogP contribution in [0.5, 0.6) is 0 Å². The van der Waals surface area contributed by atoms with Crippen molar-refractivity contribution in [2.75, 3.05) is 0 Å². The molecule has 0 fully saturated rings. The largest absolute Gasteiger partial charge is 0.477 e. The molecule has 2 aromatic rings. The minimum Gasteiger partial charge on any atom is -0.477 e. The maximum absolute atomic E-state index is 12.0. The first-order valence-corrected chi connectivity index (χ1v) is 6.86. The molecule has 102 valence electrons. The summed E-state index contributed by atoms with van der Waals surface area (Å²) in [5.74, 6) is -0.752. The third-order valence-corrected chi connectivity index (χ3v) is 4.02. The molecule has 3 N–H and O–H groups in total. The number of carbonyl (C=O) groups is 1. The van der Waals surface area contributed by atoms with Gasteiger partial charge in [-0.15, -0.1) is 0 Å². The molecule has 1 atom stereocenters. The van der Waals surface area contributed by atoms with Gasteiger partial charge in [0.2, 0.25) is 10.0 Å². The summed E-state index contributed by atoms with van der Waals surface area (Å²) in [5, 5.41) is 8.73. The Bertz CT molecular complexity index is 672. The van der Waals surface area contributed by atoms with E-state index in [0.717, 1.165) is 12.3 Å². The maximum atomic E-state index is 12.0. The van der Waals surface area contributed by atoms with E-state index >= 15 is 0 Å². The molecule has 0 amide bonds. The smallest absolute Gasteiger partial charge is 0.352 e. The Labute approximate surface area is 109 Å². The van der Waals surface area contributed by atoms with Gasteiger partial charge >= 0.3 is 5.97 Å². The second-order valence-electron chi connectivity index (χ2n) is 3.91. The molecule has 2 aromatic heterocycles. The number of aromatic carboxylic acids is 1. The number of carboxylic acids is 1. The lowest BCUT2D eigenvalue weighted by atomic mass is 10.3. The van der Waals surface area contributed by atoms with Gasteiger partial charge in [-0.3, -0.25) is 0 Å².